The van der Waals surface area contributed by atoms with Crippen LogP contribution in [0.25, 0.3) is 0 Å². The van der Waals surface area contributed by atoms with Crippen LogP contribution in [0, 0.1) is 0 Å². The van der Waals surface area contributed by atoms with E-state index in [-0.39, 0.29) is 17.8 Å². The van der Waals surface area contributed by atoms with E-state index in [4.69, 9.17) is 4.74 Å². The van der Waals surface area contributed by atoms with Crippen LogP contribution >= 0.6 is 0 Å². The summed E-state index contributed by atoms with van der Waals surface area (Å²) in [4.78, 5) is 12.7. The van der Waals surface area contributed by atoms with Gasteiger partial charge in [0.05, 0.1) is 17.5 Å². The SMILES string of the molecule is O=C(Nc1cccc(OC2CCCC2)c1)c1cccc(N2CCCS2(=O)=O)c1. The van der Waals surface area contributed by atoms with E-state index in [2.05, 4.69) is 5.32 Å². The average molecular weight is 401 g/mol. The maximum atomic E-state index is 12.7. The Morgan fingerprint density at radius 3 is 2.57 bits per heavy atom. The van der Waals surface area contributed by atoms with E-state index in [0.29, 0.717) is 29.9 Å². The van der Waals surface area contributed by atoms with Gasteiger partial charge in [0, 0.05) is 23.9 Å². The molecule has 0 unspecified atom stereocenters. The monoisotopic (exact) mass is 400 g/mol. The van der Waals surface area contributed by atoms with Gasteiger partial charge < -0.3 is 10.1 Å². The van der Waals surface area contributed by atoms with Crippen molar-refractivity contribution in [2.24, 2.45) is 0 Å². The van der Waals surface area contributed by atoms with Crippen molar-refractivity contribution in [2.45, 2.75) is 38.2 Å². The van der Waals surface area contributed by atoms with Crippen molar-refractivity contribution in [3.05, 3.63) is 54.1 Å². The minimum Gasteiger partial charge on any atom is -0.490 e. The molecule has 4 rings (SSSR count). The van der Waals surface area contributed by atoms with Crippen LogP contribution in [-0.4, -0.2) is 32.7 Å². The Labute approximate surface area is 165 Å². The van der Waals surface area contributed by atoms with Gasteiger partial charge in [-0.15, -0.1) is 0 Å². The summed E-state index contributed by atoms with van der Waals surface area (Å²) < 4.78 is 31.6. The topological polar surface area (TPSA) is 75.7 Å². The number of benzene rings is 2. The van der Waals surface area contributed by atoms with Crippen molar-refractivity contribution in [1.29, 1.82) is 0 Å². The minimum atomic E-state index is -3.27. The van der Waals surface area contributed by atoms with Gasteiger partial charge in [0.1, 0.15) is 5.75 Å². The molecule has 1 amide bonds. The van der Waals surface area contributed by atoms with Crippen LogP contribution < -0.4 is 14.4 Å². The quantitative estimate of drug-likeness (QED) is 0.828. The molecular formula is C21H24N2O4S. The standard InChI is InChI=1S/C21H24N2O4S/c24-21(16-6-3-8-18(14-16)23-12-5-13-28(23,25)26)22-17-7-4-11-20(15-17)27-19-9-1-2-10-19/h3-4,6-8,11,14-15,19H,1-2,5,9-10,12-13H2,(H,22,24). The molecule has 1 aliphatic heterocycles. The smallest absolute Gasteiger partial charge is 0.255 e. The van der Waals surface area contributed by atoms with Gasteiger partial charge in [-0.3, -0.25) is 9.10 Å². The number of anilines is 2. The lowest BCUT2D eigenvalue weighted by Gasteiger charge is -2.17. The van der Waals surface area contributed by atoms with E-state index >= 15 is 0 Å². The lowest BCUT2D eigenvalue weighted by molar-refractivity contribution is 0.102. The Balaban J connectivity index is 1.47. The molecule has 6 nitrogen and oxygen atoms in total. The zero-order valence-electron chi connectivity index (χ0n) is 15.6. The third-order valence-corrected chi connectivity index (χ3v) is 7.06. The maximum Gasteiger partial charge on any atom is 0.255 e. The summed E-state index contributed by atoms with van der Waals surface area (Å²) in [5.41, 5.74) is 1.60. The van der Waals surface area contributed by atoms with Crippen LogP contribution in [0.1, 0.15) is 42.5 Å². The molecule has 1 saturated heterocycles. The highest BCUT2D eigenvalue weighted by molar-refractivity contribution is 7.93. The number of nitrogens with one attached hydrogen (secondary N) is 1. The fourth-order valence-corrected chi connectivity index (χ4v) is 5.34. The Morgan fingerprint density at radius 2 is 1.82 bits per heavy atom. The molecule has 28 heavy (non-hydrogen) atoms. The van der Waals surface area contributed by atoms with Crippen molar-refractivity contribution < 1.29 is 17.9 Å². The van der Waals surface area contributed by atoms with Crippen molar-refractivity contribution in [2.75, 3.05) is 21.9 Å². The fraction of sp³-hybridized carbons (Fsp3) is 0.381. The molecule has 2 aliphatic rings. The number of carbonyl (C=O) groups is 1. The van der Waals surface area contributed by atoms with Gasteiger partial charge in [0.15, 0.2) is 0 Å². The van der Waals surface area contributed by atoms with Crippen LogP contribution in [0.4, 0.5) is 11.4 Å². The summed E-state index contributed by atoms with van der Waals surface area (Å²) in [6.45, 7) is 0.452. The second kappa shape index (κ2) is 7.83. The molecule has 1 aliphatic carbocycles. The number of amides is 1. The van der Waals surface area contributed by atoms with Gasteiger partial charge in [-0.05, 0) is 62.4 Å². The number of ether oxygens (including phenoxy) is 1. The summed E-state index contributed by atoms with van der Waals surface area (Å²) in [5, 5.41) is 2.88. The second-order valence-electron chi connectivity index (χ2n) is 7.30. The second-order valence-corrected chi connectivity index (χ2v) is 9.31. The zero-order valence-corrected chi connectivity index (χ0v) is 16.5. The zero-order chi connectivity index (χ0) is 19.6. The molecule has 148 valence electrons. The largest absolute Gasteiger partial charge is 0.490 e. The van der Waals surface area contributed by atoms with E-state index in [1.807, 2.05) is 24.3 Å². The predicted molar refractivity (Wildman–Crippen MR) is 109 cm³/mol. The van der Waals surface area contributed by atoms with Gasteiger partial charge in [0.2, 0.25) is 10.0 Å². The number of hydrogen-bond acceptors (Lipinski definition) is 4. The molecule has 0 aromatic heterocycles. The highest BCUT2D eigenvalue weighted by Gasteiger charge is 2.28. The first kappa shape index (κ1) is 18.8. The highest BCUT2D eigenvalue weighted by Crippen LogP contribution is 2.27. The molecular weight excluding hydrogens is 376 g/mol. The van der Waals surface area contributed by atoms with Crippen LogP contribution in [-0.2, 0) is 10.0 Å². The summed E-state index contributed by atoms with van der Waals surface area (Å²) in [6, 6.07) is 14.1. The maximum absolute atomic E-state index is 12.7. The van der Waals surface area contributed by atoms with Crippen LogP contribution in [0.15, 0.2) is 48.5 Å². The van der Waals surface area contributed by atoms with Gasteiger partial charge in [-0.2, -0.15) is 0 Å². The van der Waals surface area contributed by atoms with E-state index in [0.717, 1.165) is 18.6 Å². The molecule has 2 aromatic rings. The molecule has 1 saturated carbocycles. The van der Waals surface area contributed by atoms with Crippen LogP contribution in [0.3, 0.4) is 0 Å². The van der Waals surface area contributed by atoms with Crippen molar-refractivity contribution in [3.63, 3.8) is 0 Å². The predicted octanol–water partition coefficient (Wildman–Crippen LogP) is 3.80. The van der Waals surface area contributed by atoms with Gasteiger partial charge in [-0.25, -0.2) is 8.42 Å². The molecule has 2 fully saturated rings. The first-order valence-electron chi connectivity index (χ1n) is 9.70. The Kier molecular flexibility index (Phi) is 5.26. The first-order chi connectivity index (χ1) is 13.5. The number of hydrogen-bond donors (Lipinski definition) is 1. The number of carbonyl (C=O) groups excluding carboxylic acids is 1. The normalized spacial score (nSPS) is 18.9. The number of rotatable bonds is 5. The third-order valence-electron chi connectivity index (χ3n) is 5.19. The van der Waals surface area contributed by atoms with Crippen LogP contribution in [0.2, 0.25) is 0 Å². The van der Waals surface area contributed by atoms with Gasteiger partial charge in [-0.1, -0.05) is 12.1 Å². The molecule has 0 bridgehead atoms. The van der Waals surface area contributed by atoms with Crippen LogP contribution in [0.5, 0.6) is 5.75 Å². The molecule has 7 heteroatoms. The summed E-state index contributed by atoms with van der Waals surface area (Å²) in [6.07, 6.45) is 5.40. The highest BCUT2D eigenvalue weighted by atomic mass is 32.2. The lowest BCUT2D eigenvalue weighted by atomic mass is 10.1. The van der Waals surface area contributed by atoms with Crippen molar-refractivity contribution >= 4 is 27.3 Å². The van der Waals surface area contributed by atoms with E-state index in [1.54, 1.807) is 24.3 Å². The molecule has 0 atom stereocenters. The fourth-order valence-electron chi connectivity index (χ4n) is 3.78. The minimum absolute atomic E-state index is 0.150. The van der Waals surface area contributed by atoms with Crippen molar-refractivity contribution in [1.82, 2.24) is 0 Å². The summed E-state index contributed by atoms with van der Waals surface area (Å²) in [5.74, 6) is 0.620. The molecule has 1 N–H and O–H groups in total. The third kappa shape index (κ3) is 4.14. The summed E-state index contributed by atoms with van der Waals surface area (Å²) in [7, 11) is -3.27. The number of nitrogens with zero attached hydrogens (tertiary/aromatic N) is 1. The molecule has 2 aromatic carbocycles. The van der Waals surface area contributed by atoms with Gasteiger partial charge >= 0.3 is 0 Å². The summed E-state index contributed by atoms with van der Waals surface area (Å²) >= 11 is 0. The Morgan fingerprint density at radius 1 is 1.04 bits per heavy atom. The van der Waals surface area contributed by atoms with Gasteiger partial charge in [0.25, 0.3) is 5.91 Å². The van der Waals surface area contributed by atoms with E-state index in [9.17, 15) is 13.2 Å². The Hall–Kier alpha value is -2.54. The van der Waals surface area contributed by atoms with E-state index < -0.39 is 10.0 Å². The number of sulfonamides is 1. The molecule has 1 heterocycles. The lowest BCUT2D eigenvalue weighted by Crippen LogP contribution is -2.25. The van der Waals surface area contributed by atoms with Crippen molar-refractivity contribution in [3.8, 4) is 5.75 Å². The Bertz CT molecular complexity index is 968. The first-order valence-corrected chi connectivity index (χ1v) is 11.3. The average Bonchev–Trinajstić information content (AvgIpc) is 3.31. The molecule has 0 spiro atoms. The van der Waals surface area contributed by atoms with E-state index in [1.165, 1.54) is 17.1 Å². The molecule has 0 radical (unpaired) electrons.